The SMILES string of the molecule is COc1cc(OC)c(/C=C/SCc2ccc(OC)c(OC(=O)Oc3ccc([N+](=O)[O-])cc3)c2)c(OC)c1. The average Bonchev–Trinajstić information content (AvgIpc) is 2.91. The summed E-state index contributed by atoms with van der Waals surface area (Å²) in [4.78, 5) is 22.5. The molecular formula is C26H25NO9S. The van der Waals surface area contributed by atoms with Gasteiger partial charge in [-0.05, 0) is 41.3 Å². The van der Waals surface area contributed by atoms with Crippen LogP contribution in [0.1, 0.15) is 11.1 Å². The molecule has 0 atom stereocenters. The number of rotatable bonds is 11. The minimum Gasteiger partial charge on any atom is -0.496 e. The lowest BCUT2D eigenvalue weighted by Gasteiger charge is -2.12. The molecule has 0 aliphatic heterocycles. The van der Waals surface area contributed by atoms with Crippen molar-refractivity contribution in [3.8, 4) is 34.5 Å². The second-order valence-electron chi connectivity index (χ2n) is 7.25. The number of carbonyl (C=O) groups excluding carboxylic acids is 1. The van der Waals surface area contributed by atoms with Gasteiger partial charge in [-0.2, -0.15) is 0 Å². The summed E-state index contributed by atoms with van der Waals surface area (Å²) in [5, 5.41) is 12.7. The number of hydrogen-bond donors (Lipinski definition) is 0. The lowest BCUT2D eigenvalue weighted by Crippen LogP contribution is -2.14. The number of benzene rings is 3. The molecule has 0 aliphatic carbocycles. The Hall–Kier alpha value is -4.38. The predicted octanol–water partition coefficient (Wildman–Crippen LogP) is 6.11. The molecule has 3 aromatic carbocycles. The molecule has 0 spiro atoms. The van der Waals surface area contributed by atoms with Crippen LogP contribution in [0, 0.1) is 10.1 Å². The third-order valence-corrected chi connectivity index (χ3v) is 5.83. The molecule has 3 aromatic rings. The number of nitro groups is 1. The summed E-state index contributed by atoms with van der Waals surface area (Å²) in [5.74, 6) is 3.04. The summed E-state index contributed by atoms with van der Waals surface area (Å²) in [6.07, 6.45) is 0.875. The Morgan fingerprint density at radius 3 is 2.03 bits per heavy atom. The first-order valence-corrected chi connectivity index (χ1v) is 11.8. The smallest absolute Gasteiger partial charge is 0.496 e. The molecule has 0 saturated carbocycles. The number of thioether (sulfide) groups is 1. The molecule has 0 heterocycles. The molecule has 3 rings (SSSR count). The minimum atomic E-state index is -1.00. The first-order valence-electron chi connectivity index (χ1n) is 10.8. The van der Waals surface area contributed by atoms with E-state index < -0.39 is 11.1 Å². The van der Waals surface area contributed by atoms with Crippen molar-refractivity contribution in [1.29, 1.82) is 0 Å². The molecule has 37 heavy (non-hydrogen) atoms. The molecule has 10 nitrogen and oxygen atoms in total. The highest BCUT2D eigenvalue weighted by molar-refractivity contribution is 8.01. The van der Waals surface area contributed by atoms with E-state index >= 15 is 0 Å². The summed E-state index contributed by atoms with van der Waals surface area (Å²) in [5.41, 5.74) is 1.51. The van der Waals surface area contributed by atoms with Crippen LogP contribution in [-0.2, 0) is 5.75 Å². The van der Waals surface area contributed by atoms with Crippen LogP contribution in [0.25, 0.3) is 6.08 Å². The van der Waals surface area contributed by atoms with Crippen molar-refractivity contribution in [3.05, 3.63) is 81.2 Å². The highest BCUT2D eigenvalue weighted by Crippen LogP contribution is 2.36. The van der Waals surface area contributed by atoms with E-state index in [1.807, 2.05) is 17.6 Å². The standard InChI is InChI=1S/C26H25NO9S/c1-31-20-14-23(33-3)21(24(15-20)34-4)11-12-37-16-17-5-10-22(32-2)25(13-17)36-26(28)35-19-8-6-18(7-9-19)27(29)30/h5-15H,16H2,1-4H3/b12-11+. The van der Waals surface area contributed by atoms with Crippen LogP contribution in [0.3, 0.4) is 0 Å². The van der Waals surface area contributed by atoms with Gasteiger partial charge in [0.2, 0.25) is 0 Å². The van der Waals surface area contributed by atoms with E-state index in [2.05, 4.69) is 0 Å². The largest absolute Gasteiger partial charge is 0.519 e. The van der Waals surface area contributed by atoms with Crippen molar-refractivity contribution >= 4 is 29.7 Å². The molecule has 0 saturated heterocycles. The monoisotopic (exact) mass is 527 g/mol. The van der Waals surface area contributed by atoms with Gasteiger partial charge in [0.25, 0.3) is 5.69 Å². The Kier molecular flexibility index (Phi) is 9.61. The summed E-state index contributed by atoms with van der Waals surface area (Å²) in [6.45, 7) is 0. The van der Waals surface area contributed by atoms with Crippen LogP contribution in [0.2, 0.25) is 0 Å². The molecule has 11 heteroatoms. The maximum absolute atomic E-state index is 12.3. The topological polar surface area (TPSA) is 116 Å². The van der Waals surface area contributed by atoms with E-state index in [0.717, 1.165) is 11.1 Å². The summed E-state index contributed by atoms with van der Waals surface area (Å²) < 4.78 is 31.9. The van der Waals surface area contributed by atoms with Gasteiger partial charge in [0.05, 0.1) is 38.9 Å². The number of nitrogens with zero attached hydrogens (tertiary/aromatic N) is 1. The molecule has 0 bridgehead atoms. The van der Waals surface area contributed by atoms with Crippen molar-refractivity contribution in [1.82, 2.24) is 0 Å². The predicted molar refractivity (Wildman–Crippen MR) is 139 cm³/mol. The van der Waals surface area contributed by atoms with Crippen LogP contribution < -0.4 is 28.4 Å². The van der Waals surface area contributed by atoms with E-state index in [-0.39, 0.29) is 17.2 Å². The minimum absolute atomic E-state index is 0.107. The number of ether oxygens (including phenoxy) is 6. The number of non-ortho nitro benzene ring substituents is 1. The maximum atomic E-state index is 12.3. The third-order valence-electron chi connectivity index (χ3n) is 5.00. The number of nitro benzene ring substituents is 1. The van der Waals surface area contributed by atoms with Gasteiger partial charge < -0.3 is 28.4 Å². The fourth-order valence-corrected chi connectivity index (χ4v) is 3.89. The van der Waals surface area contributed by atoms with Crippen molar-refractivity contribution in [3.63, 3.8) is 0 Å². The zero-order valence-electron chi connectivity index (χ0n) is 20.6. The molecule has 0 aliphatic rings. The highest BCUT2D eigenvalue weighted by Gasteiger charge is 2.15. The number of carbonyl (C=O) groups is 1. The fraction of sp³-hybridized carbons (Fsp3) is 0.192. The highest BCUT2D eigenvalue weighted by atomic mass is 32.2. The lowest BCUT2D eigenvalue weighted by atomic mass is 10.1. The van der Waals surface area contributed by atoms with Gasteiger partial charge in [0.15, 0.2) is 11.5 Å². The van der Waals surface area contributed by atoms with Crippen LogP contribution in [0.5, 0.6) is 34.5 Å². The third kappa shape index (κ3) is 7.31. The molecule has 0 fully saturated rings. The Balaban J connectivity index is 1.66. The average molecular weight is 528 g/mol. The van der Waals surface area contributed by atoms with Gasteiger partial charge in [-0.3, -0.25) is 10.1 Å². The summed E-state index contributed by atoms with van der Waals surface area (Å²) in [6, 6.07) is 13.8. The second-order valence-corrected chi connectivity index (χ2v) is 8.14. The van der Waals surface area contributed by atoms with Gasteiger partial charge in [0.1, 0.15) is 23.0 Å². The molecule has 0 N–H and O–H groups in total. The summed E-state index contributed by atoms with van der Waals surface area (Å²) in [7, 11) is 6.17. The zero-order valence-corrected chi connectivity index (χ0v) is 21.4. The second kappa shape index (κ2) is 13.1. The zero-order chi connectivity index (χ0) is 26.8. The van der Waals surface area contributed by atoms with Gasteiger partial charge in [0, 0.05) is 30.0 Å². The van der Waals surface area contributed by atoms with Crippen LogP contribution in [-0.4, -0.2) is 39.5 Å². The molecule has 0 radical (unpaired) electrons. The Labute approximate surface area is 217 Å². The molecule has 0 amide bonds. The molecule has 194 valence electrons. The van der Waals surface area contributed by atoms with Gasteiger partial charge in [-0.15, -0.1) is 11.8 Å². The van der Waals surface area contributed by atoms with Gasteiger partial charge >= 0.3 is 6.16 Å². The summed E-state index contributed by atoms with van der Waals surface area (Å²) >= 11 is 1.51. The maximum Gasteiger partial charge on any atom is 0.519 e. The van der Waals surface area contributed by atoms with Crippen LogP contribution in [0.4, 0.5) is 10.5 Å². The first-order chi connectivity index (χ1) is 17.9. The van der Waals surface area contributed by atoms with Crippen LogP contribution in [0.15, 0.2) is 60.0 Å². The lowest BCUT2D eigenvalue weighted by molar-refractivity contribution is -0.384. The van der Waals surface area contributed by atoms with Crippen molar-refractivity contribution in [2.45, 2.75) is 5.75 Å². The Bertz CT molecular complexity index is 1250. The van der Waals surface area contributed by atoms with Crippen molar-refractivity contribution in [2.24, 2.45) is 0 Å². The van der Waals surface area contributed by atoms with Crippen LogP contribution >= 0.6 is 11.8 Å². The van der Waals surface area contributed by atoms with E-state index in [4.69, 9.17) is 28.4 Å². The molecule has 0 aromatic heterocycles. The normalized spacial score (nSPS) is 10.6. The number of hydrogen-bond acceptors (Lipinski definition) is 10. The molecular weight excluding hydrogens is 502 g/mol. The molecule has 0 unspecified atom stereocenters. The Morgan fingerprint density at radius 1 is 0.811 bits per heavy atom. The van der Waals surface area contributed by atoms with Gasteiger partial charge in [-0.1, -0.05) is 6.07 Å². The van der Waals surface area contributed by atoms with E-state index in [0.29, 0.717) is 28.8 Å². The van der Waals surface area contributed by atoms with Crippen molar-refractivity contribution < 1.29 is 38.1 Å². The first kappa shape index (κ1) is 27.2. The van der Waals surface area contributed by atoms with Gasteiger partial charge in [-0.25, -0.2) is 4.79 Å². The van der Waals surface area contributed by atoms with Crippen molar-refractivity contribution in [2.75, 3.05) is 28.4 Å². The number of methoxy groups -OCH3 is 4. The van der Waals surface area contributed by atoms with E-state index in [1.54, 1.807) is 45.6 Å². The Morgan fingerprint density at radius 2 is 1.46 bits per heavy atom. The van der Waals surface area contributed by atoms with E-state index in [9.17, 15) is 14.9 Å². The fourth-order valence-electron chi connectivity index (χ4n) is 3.19. The van der Waals surface area contributed by atoms with E-state index in [1.165, 1.54) is 43.1 Å². The quantitative estimate of drug-likeness (QED) is 0.125.